The van der Waals surface area contributed by atoms with Crippen LogP contribution in [0, 0.1) is 0 Å². The molecule has 0 saturated heterocycles. The van der Waals surface area contributed by atoms with E-state index in [-0.39, 0.29) is 5.78 Å². The molecule has 0 aromatic carbocycles. The first-order valence-electron chi connectivity index (χ1n) is 5.11. The fourth-order valence-electron chi connectivity index (χ4n) is 1.08. The van der Waals surface area contributed by atoms with Gasteiger partial charge in [0.15, 0.2) is 5.82 Å². The minimum absolute atomic E-state index is 0.129. The Bertz CT molecular complexity index is 309. The molecule has 1 aromatic rings. The zero-order valence-electron chi connectivity index (χ0n) is 9.15. The highest BCUT2D eigenvalue weighted by atomic mass is 16.5. The highest BCUT2D eigenvalue weighted by molar-refractivity contribution is 5.75. The zero-order chi connectivity index (χ0) is 11.1. The van der Waals surface area contributed by atoms with E-state index in [0.717, 1.165) is 0 Å². The van der Waals surface area contributed by atoms with Crippen LogP contribution in [0.2, 0.25) is 0 Å². The summed E-state index contributed by atoms with van der Waals surface area (Å²) >= 11 is 0. The fraction of sp³-hybridized carbons (Fsp3) is 0.700. The SMILES string of the molecule is CCOCCc1noc(CCC(C)=O)n1. The summed E-state index contributed by atoms with van der Waals surface area (Å²) in [6.07, 6.45) is 1.63. The molecular weight excluding hydrogens is 196 g/mol. The van der Waals surface area contributed by atoms with Gasteiger partial charge in [-0.1, -0.05) is 5.16 Å². The summed E-state index contributed by atoms with van der Waals surface area (Å²) in [6.45, 7) is 4.78. The molecule has 84 valence electrons. The van der Waals surface area contributed by atoms with Gasteiger partial charge in [-0.2, -0.15) is 4.98 Å². The highest BCUT2D eigenvalue weighted by Crippen LogP contribution is 2.02. The van der Waals surface area contributed by atoms with Crippen LogP contribution in [0.25, 0.3) is 0 Å². The molecule has 1 heterocycles. The number of hydrogen-bond donors (Lipinski definition) is 0. The first kappa shape index (κ1) is 11.8. The second-order valence-electron chi connectivity index (χ2n) is 3.25. The van der Waals surface area contributed by atoms with Crippen molar-refractivity contribution in [2.45, 2.75) is 33.1 Å². The molecule has 0 aliphatic rings. The second-order valence-corrected chi connectivity index (χ2v) is 3.25. The molecule has 5 nitrogen and oxygen atoms in total. The maximum Gasteiger partial charge on any atom is 0.227 e. The first-order chi connectivity index (χ1) is 7.22. The van der Waals surface area contributed by atoms with E-state index in [1.165, 1.54) is 0 Å². The van der Waals surface area contributed by atoms with E-state index in [1.54, 1.807) is 6.92 Å². The third-order valence-electron chi connectivity index (χ3n) is 1.88. The van der Waals surface area contributed by atoms with Crippen LogP contribution in [-0.4, -0.2) is 29.1 Å². The first-order valence-corrected chi connectivity index (χ1v) is 5.11. The maximum atomic E-state index is 10.7. The van der Waals surface area contributed by atoms with Crippen molar-refractivity contribution in [3.8, 4) is 0 Å². The summed E-state index contributed by atoms with van der Waals surface area (Å²) in [7, 11) is 0. The van der Waals surface area contributed by atoms with Crippen molar-refractivity contribution < 1.29 is 14.1 Å². The third-order valence-corrected chi connectivity index (χ3v) is 1.88. The second kappa shape index (κ2) is 6.29. The Hall–Kier alpha value is -1.23. The van der Waals surface area contributed by atoms with Crippen molar-refractivity contribution in [2.75, 3.05) is 13.2 Å². The third kappa shape index (κ3) is 4.69. The lowest BCUT2D eigenvalue weighted by Gasteiger charge is -1.94. The Labute approximate surface area is 88.8 Å². The molecule has 1 aromatic heterocycles. The van der Waals surface area contributed by atoms with Crippen LogP contribution in [0.1, 0.15) is 32.0 Å². The molecule has 0 amide bonds. The molecule has 0 radical (unpaired) electrons. The molecule has 0 N–H and O–H groups in total. The van der Waals surface area contributed by atoms with E-state index in [0.29, 0.717) is 44.2 Å². The molecule has 1 rings (SSSR count). The average Bonchev–Trinajstić information content (AvgIpc) is 2.63. The van der Waals surface area contributed by atoms with E-state index in [9.17, 15) is 4.79 Å². The predicted octanol–water partition coefficient (Wildman–Crippen LogP) is 1.17. The van der Waals surface area contributed by atoms with Crippen LogP contribution in [0.3, 0.4) is 0 Å². The molecule has 0 aliphatic heterocycles. The summed E-state index contributed by atoms with van der Waals surface area (Å²) < 4.78 is 10.1. The van der Waals surface area contributed by atoms with E-state index < -0.39 is 0 Å². The van der Waals surface area contributed by atoms with Gasteiger partial charge < -0.3 is 14.1 Å². The van der Waals surface area contributed by atoms with Gasteiger partial charge in [-0.3, -0.25) is 0 Å². The van der Waals surface area contributed by atoms with Gasteiger partial charge in [0.05, 0.1) is 6.61 Å². The van der Waals surface area contributed by atoms with Crippen LogP contribution in [0.15, 0.2) is 4.52 Å². The number of Topliss-reactive ketones (excluding diaryl/α,β-unsaturated/α-hetero) is 1. The molecule has 0 fully saturated rings. The molecule has 15 heavy (non-hydrogen) atoms. The van der Waals surface area contributed by atoms with E-state index in [1.807, 2.05) is 6.92 Å². The number of carbonyl (C=O) groups is 1. The lowest BCUT2D eigenvalue weighted by Crippen LogP contribution is -2.00. The van der Waals surface area contributed by atoms with Crippen LogP contribution in [0.5, 0.6) is 0 Å². The number of aryl methyl sites for hydroxylation is 1. The molecule has 0 aliphatic carbocycles. The summed E-state index contributed by atoms with van der Waals surface area (Å²) in [6, 6.07) is 0. The number of ether oxygens (including phenoxy) is 1. The number of nitrogens with zero attached hydrogens (tertiary/aromatic N) is 2. The molecule has 0 bridgehead atoms. The van der Waals surface area contributed by atoms with Gasteiger partial charge in [-0.25, -0.2) is 0 Å². The van der Waals surface area contributed by atoms with E-state index in [2.05, 4.69) is 10.1 Å². The number of aromatic nitrogens is 2. The largest absolute Gasteiger partial charge is 0.381 e. The molecule has 0 spiro atoms. The van der Waals surface area contributed by atoms with Gasteiger partial charge in [0.2, 0.25) is 5.89 Å². The maximum absolute atomic E-state index is 10.7. The van der Waals surface area contributed by atoms with Gasteiger partial charge in [0.1, 0.15) is 5.78 Å². The molecule has 0 unspecified atom stereocenters. The summed E-state index contributed by atoms with van der Waals surface area (Å²) in [5.74, 6) is 1.29. The van der Waals surface area contributed by atoms with Gasteiger partial charge in [0.25, 0.3) is 0 Å². The minimum Gasteiger partial charge on any atom is -0.381 e. The number of carbonyl (C=O) groups excluding carboxylic acids is 1. The Kier molecular flexibility index (Phi) is 4.97. The standard InChI is InChI=1S/C10H16N2O3/c1-3-14-7-6-9-11-10(15-12-9)5-4-8(2)13/h3-7H2,1-2H3. The summed E-state index contributed by atoms with van der Waals surface area (Å²) in [5, 5.41) is 3.79. The average molecular weight is 212 g/mol. The molecular formula is C10H16N2O3. The Morgan fingerprint density at radius 2 is 2.27 bits per heavy atom. The number of hydrogen-bond acceptors (Lipinski definition) is 5. The number of rotatable bonds is 7. The zero-order valence-corrected chi connectivity index (χ0v) is 9.15. The quantitative estimate of drug-likeness (QED) is 0.635. The fourth-order valence-corrected chi connectivity index (χ4v) is 1.08. The normalized spacial score (nSPS) is 10.5. The Morgan fingerprint density at radius 3 is 2.93 bits per heavy atom. The van der Waals surface area contributed by atoms with Gasteiger partial charge in [0, 0.05) is 25.9 Å². The number of ketones is 1. The van der Waals surface area contributed by atoms with Crippen LogP contribution < -0.4 is 0 Å². The van der Waals surface area contributed by atoms with Crippen LogP contribution in [0.4, 0.5) is 0 Å². The summed E-state index contributed by atoms with van der Waals surface area (Å²) in [5.41, 5.74) is 0. The smallest absolute Gasteiger partial charge is 0.227 e. The van der Waals surface area contributed by atoms with Crippen molar-refractivity contribution in [2.24, 2.45) is 0 Å². The Balaban J connectivity index is 2.32. The van der Waals surface area contributed by atoms with Gasteiger partial charge in [-0.05, 0) is 13.8 Å². The highest BCUT2D eigenvalue weighted by Gasteiger charge is 2.06. The molecule has 0 atom stereocenters. The lowest BCUT2D eigenvalue weighted by molar-refractivity contribution is -0.117. The van der Waals surface area contributed by atoms with Crippen LogP contribution in [-0.2, 0) is 22.4 Å². The Morgan fingerprint density at radius 1 is 1.47 bits per heavy atom. The minimum atomic E-state index is 0.129. The lowest BCUT2D eigenvalue weighted by atomic mass is 10.2. The van der Waals surface area contributed by atoms with E-state index >= 15 is 0 Å². The van der Waals surface area contributed by atoms with Crippen molar-refractivity contribution in [3.05, 3.63) is 11.7 Å². The van der Waals surface area contributed by atoms with Gasteiger partial charge >= 0.3 is 0 Å². The molecule has 0 saturated carbocycles. The van der Waals surface area contributed by atoms with Crippen LogP contribution >= 0.6 is 0 Å². The monoisotopic (exact) mass is 212 g/mol. The van der Waals surface area contributed by atoms with Crippen molar-refractivity contribution in [1.82, 2.24) is 10.1 Å². The van der Waals surface area contributed by atoms with Crippen molar-refractivity contribution in [3.63, 3.8) is 0 Å². The summed E-state index contributed by atoms with van der Waals surface area (Å²) in [4.78, 5) is 14.9. The van der Waals surface area contributed by atoms with Crippen molar-refractivity contribution >= 4 is 5.78 Å². The van der Waals surface area contributed by atoms with E-state index in [4.69, 9.17) is 9.26 Å². The molecule has 5 heteroatoms. The topological polar surface area (TPSA) is 65.2 Å². The van der Waals surface area contributed by atoms with Crippen molar-refractivity contribution in [1.29, 1.82) is 0 Å². The van der Waals surface area contributed by atoms with Gasteiger partial charge in [-0.15, -0.1) is 0 Å². The predicted molar refractivity (Wildman–Crippen MR) is 53.5 cm³/mol.